The number of nitrogens with two attached hydrogens (primary N) is 1. The van der Waals surface area contributed by atoms with E-state index in [4.69, 9.17) is 5.73 Å². The molecule has 0 aliphatic carbocycles. The van der Waals surface area contributed by atoms with E-state index in [1.165, 1.54) is 10.9 Å². The summed E-state index contributed by atoms with van der Waals surface area (Å²) in [6.07, 6.45) is 7.68. The average Bonchev–Trinajstić information content (AvgIpc) is 2.26. The first-order chi connectivity index (χ1) is 6.92. The maximum atomic E-state index is 5.42. The van der Waals surface area contributed by atoms with Gasteiger partial charge in [-0.05, 0) is 17.0 Å². The molecule has 0 aliphatic heterocycles. The van der Waals surface area contributed by atoms with Crippen LogP contribution in [0.2, 0.25) is 0 Å². The molecule has 0 fully saturated rings. The van der Waals surface area contributed by atoms with Gasteiger partial charge in [-0.1, -0.05) is 30.4 Å². The van der Waals surface area contributed by atoms with Crippen LogP contribution in [0.5, 0.6) is 0 Å². The van der Waals surface area contributed by atoms with E-state index < -0.39 is 0 Å². The number of aromatic nitrogens is 1. The van der Waals surface area contributed by atoms with E-state index in [0.717, 1.165) is 5.39 Å². The Balaban J connectivity index is 2.59. The number of rotatable bonds is 2. The number of nitrogens with zero attached hydrogens (tertiary/aromatic N) is 1. The number of hydrogen-bond acceptors (Lipinski definition) is 2. The number of benzene rings is 1. The van der Waals surface area contributed by atoms with Gasteiger partial charge in [-0.2, -0.15) is 0 Å². The van der Waals surface area contributed by atoms with E-state index in [-0.39, 0.29) is 0 Å². The third kappa shape index (κ3) is 1.65. The topological polar surface area (TPSA) is 38.9 Å². The second-order valence-electron chi connectivity index (χ2n) is 3.08. The van der Waals surface area contributed by atoms with Crippen LogP contribution in [0.15, 0.2) is 42.7 Å². The highest BCUT2D eigenvalue weighted by Crippen LogP contribution is 2.18. The van der Waals surface area contributed by atoms with Crippen molar-refractivity contribution in [1.82, 2.24) is 4.98 Å². The van der Waals surface area contributed by atoms with Gasteiger partial charge in [0.05, 0.1) is 0 Å². The number of hydrogen-bond donors (Lipinski definition) is 1. The van der Waals surface area contributed by atoms with E-state index in [1.54, 1.807) is 0 Å². The molecule has 14 heavy (non-hydrogen) atoms. The van der Waals surface area contributed by atoms with Gasteiger partial charge >= 0.3 is 0 Å². The van der Waals surface area contributed by atoms with E-state index >= 15 is 0 Å². The molecule has 2 aromatic rings. The monoisotopic (exact) mass is 184 g/mol. The average molecular weight is 184 g/mol. The molecule has 0 atom stereocenters. The van der Waals surface area contributed by atoms with Crippen molar-refractivity contribution >= 4 is 16.8 Å². The lowest BCUT2D eigenvalue weighted by Gasteiger charge is -2.00. The second-order valence-corrected chi connectivity index (χ2v) is 3.08. The highest BCUT2D eigenvalue weighted by atomic mass is 14.6. The zero-order valence-electron chi connectivity index (χ0n) is 7.85. The van der Waals surface area contributed by atoms with Crippen LogP contribution >= 0.6 is 0 Å². The summed E-state index contributed by atoms with van der Waals surface area (Å²) >= 11 is 0. The summed E-state index contributed by atoms with van der Waals surface area (Å²) in [6.45, 7) is 0.571. The summed E-state index contributed by atoms with van der Waals surface area (Å²) in [4.78, 5) is 4.09. The fourth-order valence-corrected chi connectivity index (χ4v) is 1.49. The van der Waals surface area contributed by atoms with Gasteiger partial charge in [-0.15, -0.1) is 0 Å². The normalized spacial score (nSPS) is 11.2. The maximum absolute atomic E-state index is 5.42. The smallest absolute Gasteiger partial charge is 0.0346 e. The van der Waals surface area contributed by atoms with Gasteiger partial charge < -0.3 is 5.73 Å². The van der Waals surface area contributed by atoms with Crippen molar-refractivity contribution in [3.8, 4) is 0 Å². The van der Waals surface area contributed by atoms with Crippen molar-refractivity contribution in [2.24, 2.45) is 5.73 Å². The molecule has 1 aromatic carbocycles. The molecular weight excluding hydrogens is 172 g/mol. The molecule has 0 spiro atoms. The van der Waals surface area contributed by atoms with Gasteiger partial charge in [0.1, 0.15) is 0 Å². The molecule has 0 aliphatic rings. The maximum Gasteiger partial charge on any atom is 0.0346 e. The van der Waals surface area contributed by atoms with E-state index in [1.807, 2.05) is 36.7 Å². The van der Waals surface area contributed by atoms with E-state index in [9.17, 15) is 0 Å². The predicted octanol–water partition coefficient (Wildman–Crippen LogP) is 2.21. The first-order valence-electron chi connectivity index (χ1n) is 4.61. The van der Waals surface area contributed by atoms with Crippen LogP contribution in [0.1, 0.15) is 5.56 Å². The van der Waals surface area contributed by atoms with Crippen LogP contribution in [0.25, 0.3) is 16.8 Å². The van der Waals surface area contributed by atoms with Crippen LogP contribution in [0.4, 0.5) is 0 Å². The molecule has 0 bridgehead atoms. The molecule has 1 aromatic heterocycles. The summed E-state index contributed by atoms with van der Waals surface area (Å²) < 4.78 is 0. The molecule has 70 valence electrons. The Morgan fingerprint density at radius 1 is 1.29 bits per heavy atom. The molecule has 2 nitrogen and oxygen atoms in total. The lowest BCUT2D eigenvalue weighted by Crippen LogP contribution is -1.92. The van der Waals surface area contributed by atoms with Crippen molar-refractivity contribution in [2.75, 3.05) is 6.54 Å². The van der Waals surface area contributed by atoms with Gasteiger partial charge in [0.15, 0.2) is 0 Å². The van der Waals surface area contributed by atoms with Gasteiger partial charge in [0, 0.05) is 24.3 Å². The molecule has 0 radical (unpaired) electrons. The minimum Gasteiger partial charge on any atom is -0.327 e. The Hall–Kier alpha value is -1.67. The molecule has 2 N–H and O–H groups in total. The zero-order chi connectivity index (χ0) is 9.80. The molecule has 0 saturated carbocycles. The van der Waals surface area contributed by atoms with Crippen molar-refractivity contribution in [2.45, 2.75) is 0 Å². The Labute approximate surface area is 83.1 Å². The third-order valence-corrected chi connectivity index (χ3v) is 2.15. The number of fused-ring (bicyclic) bond motifs is 1. The SMILES string of the molecule is NCC=Cc1cccc2cnccc12. The van der Waals surface area contributed by atoms with Crippen LogP contribution in [-0.2, 0) is 0 Å². The molecule has 1 heterocycles. The summed E-state index contributed by atoms with van der Waals surface area (Å²) in [5.41, 5.74) is 6.61. The summed E-state index contributed by atoms with van der Waals surface area (Å²) in [6, 6.07) is 8.18. The van der Waals surface area contributed by atoms with Crippen molar-refractivity contribution in [1.29, 1.82) is 0 Å². The lowest BCUT2D eigenvalue weighted by atomic mass is 10.1. The minimum atomic E-state index is 0.571. The quantitative estimate of drug-likeness (QED) is 0.777. The second kappa shape index (κ2) is 4.03. The first kappa shape index (κ1) is 8.91. The minimum absolute atomic E-state index is 0.571. The Morgan fingerprint density at radius 3 is 3.07 bits per heavy atom. The standard InChI is InChI=1S/C12H12N2/c13-7-2-5-10-3-1-4-11-9-14-8-6-12(10)11/h1-6,8-9H,7,13H2. The summed E-state index contributed by atoms with van der Waals surface area (Å²) in [5, 5.41) is 2.37. The van der Waals surface area contributed by atoms with E-state index in [2.05, 4.69) is 17.1 Å². The molecule has 2 rings (SSSR count). The van der Waals surface area contributed by atoms with Gasteiger partial charge in [0.25, 0.3) is 0 Å². The Morgan fingerprint density at radius 2 is 2.21 bits per heavy atom. The molecular formula is C12H12N2. The highest BCUT2D eigenvalue weighted by molar-refractivity contribution is 5.89. The fourth-order valence-electron chi connectivity index (χ4n) is 1.49. The van der Waals surface area contributed by atoms with Crippen LogP contribution in [0.3, 0.4) is 0 Å². The molecule has 2 heteroatoms. The van der Waals surface area contributed by atoms with Crippen molar-refractivity contribution in [3.05, 3.63) is 48.3 Å². The Kier molecular flexibility index (Phi) is 2.56. The van der Waals surface area contributed by atoms with Gasteiger partial charge in [-0.3, -0.25) is 4.98 Å². The van der Waals surface area contributed by atoms with Crippen LogP contribution in [-0.4, -0.2) is 11.5 Å². The van der Waals surface area contributed by atoms with Gasteiger partial charge in [-0.25, -0.2) is 0 Å². The third-order valence-electron chi connectivity index (χ3n) is 2.15. The summed E-state index contributed by atoms with van der Waals surface area (Å²) in [5.74, 6) is 0. The van der Waals surface area contributed by atoms with Crippen LogP contribution in [0, 0.1) is 0 Å². The lowest BCUT2D eigenvalue weighted by molar-refractivity contribution is 1.26. The zero-order valence-corrected chi connectivity index (χ0v) is 7.85. The van der Waals surface area contributed by atoms with E-state index in [0.29, 0.717) is 6.54 Å². The number of pyridine rings is 1. The largest absolute Gasteiger partial charge is 0.327 e. The first-order valence-corrected chi connectivity index (χ1v) is 4.61. The van der Waals surface area contributed by atoms with Crippen LogP contribution < -0.4 is 5.73 Å². The fraction of sp³-hybridized carbons (Fsp3) is 0.0833. The highest BCUT2D eigenvalue weighted by Gasteiger charge is 1.95. The Bertz CT molecular complexity index is 455. The van der Waals surface area contributed by atoms with Crippen molar-refractivity contribution in [3.63, 3.8) is 0 Å². The molecule has 0 unspecified atom stereocenters. The molecule has 0 amide bonds. The summed E-state index contributed by atoms with van der Waals surface area (Å²) in [7, 11) is 0. The molecule has 0 saturated heterocycles. The van der Waals surface area contributed by atoms with Crippen molar-refractivity contribution < 1.29 is 0 Å². The van der Waals surface area contributed by atoms with Gasteiger partial charge in [0.2, 0.25) is 0 Å². The predicted molar refractivity (Wildman–Crippen MR) is 59.8 cm³/mol.